The molecule has 2 rings (SSSR count). The predicted molar refractivity (Wildman–Crippen MR) is 75.1 cm³/mol. The van der Waals surface area contributed by atoms with Gasteiger partial charge in [0.05, 0.1) is 25.5 Å². The Hall–Kier alpha value is -1.80. The Morgan fingerprint density at radius 3 is 2.36 bits per heavy atom. The number of methoxy groups -OCH3 is 1. The molecule has 0 saturated heterocycles. The van der Waals surface area contributed by atoms with Crippen LogP contribution >= 0.6 is 0 Å². The van der Waals surface area contributed by atoms with Crippen LogP contribution in [0.1, 0.15) is 11.1 Å². The SMILES string of the molecule is COc1ccc2cc(C(F)(F)F)ccc2c1COS(C)(=O)=O. The van der Waals surface area contributed by atoms with Crippen LogP contribution < -0.4 is 4.74 Å². The van der Waals surface area contributed by atoms with Crippen molar-refractivity contribution < 1.29 is 30.5 Å². The molecule has 0 N–H and O–H groups in total. The molecule has 0 aliphatic rings. The minimum atomic E-state index is -4.45. The number of rotatable bonds is 4. The van der Waals surface area contributed by atoms with Gasteiger partial charge in [0.2, 0.25) is 0 Å². The van der Waals surface area contributed by atoms with Gasteiger partial charge in [0.15, 0.2) is 0 Å². The standard InChI is InChI=1S/C14H13F3O4S/c1-20-13-6-3-9-7-10(14(15,16)17)4-5-11(9)12(13)8-21-22(2,18)19/h3-7H,8H2,1-2H3. The maximum atomic E-state index is 12.7. The summed E-state index contributed by atoms with van der Waals surface area (Å²) in [6.45, 7) is -0.315. The van der Waals surface area contributed by atoms with E-state index in [1.807, 2.05) is 0 Å². The van der Waals surface area contributed by atoms with Crippen molar-refractivity contribution in [2.75, 3.05) is 13.4 Å². The molecule has 8 heteroatoms. The van der Waals surface area contributed by atoms with Crippen molar-refractivity contribution in [3.8, 4) is 5.75 Å². The van der Waals surface area contributed by atoms with Crippen LogP contribution in [-0.4, -0.2) is 21.8 Å². The van der Waals surface area contributed by atoms with Crippen molar-refractivity contribution in [2.45, 2.75) is 12.8 Å². The Morgan fingerprint density at radius 2 is 1.82 bits per heavy atom. The lowest BCUT2D eigenvalue weighted by atomic mass is 10.0. The minimum Gasteiger partial charge on any atom is -0.496 e. The summed E-state index contributed by atoms with van der Waals surface area (Å²) in [5.74, 6) is 0.343. The molecule has 0 spiro atoms. The average Bonchev–Trinajstić information content (AvgIpc) is 2.41. The highest BCUT2D eigenvalue weighted by Gasteiger charge is 2.30. The first-order valence-electron chi connectivity index (χ1n) is 6.13. The van der Waals surface area contributed by atoms with Crippen LogP contribution in [0.5, 0.6) is 5.75 Å². The van der Waals surface area contributed by atoms with Crippen LogP contribution in [0, 0.1) is 0 Å². The molecule has 0 radical (unpaired) electrons. The molecular formula is C14H13F3O4S. The third kappa shape index (κ3) is 3.69. The molecule has 0 unspecified atom stereocenters. The van der Waals surface area contributed by atoms with E-state index in [0.29, 0.717) is 22.1 Å². The zero-order valence-corrected chi connectivity index (χ0v) is 12.6. The largest absolute Gasteiger partial charge is 0.496 e. The predicted octanol–water partition coefficient (Wildman–Crippen LogP) is 3.34. The molecule has 120 valence electrons. The monoisotopic (exact) mass is 334 g/mol. The number of halogens is 3. The molecule has 2 aromatic carbocycles. The van der Waals surface area contributed by atoms with E-state index in [-0.39, 0.29) is 6.61 Å². The Balaban J connectivity index is 2.56. The maximum Gasteiger partial charge on any atom is 0.416 e. The van der Waals surface area contributed by atoms with E-state index in [9.17, 15) is 21.6 Å². The van der Waals surface area contributed by atoms with E-state index in [0.717, 1.165) is 18.4 Å². The van der Waals surface area contributed by atoms with Crippen molar-refractivity contribution in [1.82, 2.24) is 0 Å². The lowest BCUT2D eigenvalue weighted by Crippen LogP contribution is -2.06. The molecule has 0 aliphatic carbocycles. The number of ether oxygens (including phenoxy) is 1. The van der Waals surface area contributed by atoms with E-state index in [1.165, 1.54) is 25.3 Å². The summed E-state index contributed by atoms with van der Waals surface area (Å²) in [5.41, 5.74) is -0.403. The lowest BCUT2D eigenvalue weighted by molar-refractivity contribution is -0.137. The number of benzene rings is 2. The summed E-state index contributed by atoms with van der Waals surface area (Å²) in [6.07, 6.45) is -3.55. The van der Waals surface area contributed by atoms with Crippen molar-refractivity contribution in [3.63, 3.8) is 0 Å². The molecule has 0 heterocycles. The van der Waals surface area contributed by atoms with E-state index < -0.39 is 21.9 Å². The molecule has 0 saturated carbocycles. The summed E-state index contributed by atoms with van der Waals surface area (Å²) in [7, 11) is -2.30. The van der Waals surface area contributed by atoms with E-state index in [1.54, 1.807) is 0 Å². The summed E-state index contributed by atoms with van der Waals surface area (Å²) in [4.78, 5) is 0. The number of hydrogen-bond donors (Lipinski definition) is 0. The highest BCUT2D eigenvalue weighted by Crippen LogP contribution is 2.35. The smallest absolute Gasteiger partial charge is 0.416 e. The third-order valence-electron chi connectivity index (χ3n) is 3.05. The van der Waals surface area contributed by atoms with Gasteiger partial charge in [-0.25, -0.2) is 0 Å². The van der Waals surface area contributed by atoms with Crippen LogP contribution in [-0.2, 0) is 27.1 Å². The molecule has 0 amide bonds. The third-order valence-corrected chi connectivity index (χ3v) is 3.60. The second-order valence-electron chi connectivity index (χ2n) is 4.65. The van der Waals surface area contributed by atoms with Crippen LogP contribution in [0.25, 0.3) is 10.8 Å². The Labute approximate surface area is 125 Å². The summed E-state index contributed by atoms with van der Waals surface area (Å²) < 4.78 is 70.3. The van der Waals surface area contributed by atoms with E-state index in [2.05, 4.69) is 0 Å². The topological polar surface area (TPSA) is 52.6 Å². The molecule has 0 atom stereocenters. The summed E-state index contributed by atoms with van der Waals surface area (Å²) in [6, 6.07) is 6.17. The molecule has 4 nitrogen and oxygen atoms in total. The second-order valence-corrected chi connectivity index (χ2v) is 6.29. The molecule has 0 aliphatic heterocycles. The van der Waals surface area contributed by atoms with Gasteiger partial charge in [0.1, 0.15) is 5.75 Å². The van der Waals surface area contributed by atoms with Gasteiger partial charge in [-0.15, -0.1) is 0 Å². The molecule has 0 bridgehead atoms. The first-order chi connectivity index (χ1) is 10.1. The first kappa shape index (κ1) is 16.6. The number of hydrogen-bond acceptors (Lipinski definition) is 4. The normalized spacial score (nSPS) is 12.6. The lowest BCUT2D eigenvalue weighted by Gasteiger charge is -2.13. The average molecular weight is 334 g/mol. The van der Waals surface area contributed by atoms with E-state index >= 15 is 0 Å². The fourth-order valence-electron chi connectivity index (χ4n) is 2.06. The van der Waals surface area contributed by atoms with Crippen LogP contribution in [0.15, 0.2) is 30.3 Å². The molecule has 22 heavy (non-hydrogen) atoms. The van der Waals surface area contributed by atoms with Gasteiger partial charge in [-0.3, -0.25) is 4.18 Å². The Kier molecular flexibility index (Phi) is 4.35. The fourth-order valence-corrected chi connectivity index (χ4v) is 2.39. The Morgan fingerprint density at radius 1 is 1.14 bits per heavy atom. The Bertz CT molecular complexity index is 798. The van der Waals surface area contributed by atoms with Crippen LogP contribution in [0.4, 0.5) is 13.2 Å². The molecular weight excluding hydrogens is 321 g/mol. The van der Waals surface area contributed by atoms with Crippen molar-refractivity contribution >= 4 is 20.9 Å². The van der Waals surface area contributed by atoms with Crippen molar-refractivity contribution in [2.24, 2.45) is 0 Å². The molecule has 2 aromatic rings. The van der Waals surface area contributed by atoms with Crippen molar-refractivity contribution in [1.29, 1.82) is 0 Å². The van der Waals surface area contributed by atoms with Crippen LogP contribution in [0.2, 0.25) is 0 Å². The van der Waals surface area contributed by atoms with Gasteiger partial charge in [0, 0.05) is 5.56 Å². The quantitative estimate of drug-likeness (QED) is 0.805. The zero-order valence-electron chi connectivity index (χ0n) is 11.8. The highest BCUT2D eigenvalue weighted by atomic mass is 32.2. The molecule has 0 fully saturated rings. The van der Waals surface area contributed by atoms with Gasteiger partial charge in [-0.05, 0) is 29.0 Å². The first-order valence-corrected chi connectivity index (χ1v) is 7.95. The second kappa shape index (κ2) is 5.77. The highest BCUT2D eigenvalue weighted by molar-refractivity contribution is 7.85. The maximum absolute atomic E-state index is 12.7. The number of alkyl halides is 3. The van der Waals surface area contributed by atoms with E-state index in [4.69, 9.17) is 8.92 Å². The van der Waals surface area contributed by atoms with Gasteiger partial charge in [-0.1, -0.05) is 12.1 Å². The summed E-state index contributed by atoms with van der Waals surface area (Å²) >= 11 is 0. The fraction of sp³-hybridized carbons (Fsp3) is 0.286. The summed E-state index contributed by atoms with van der Waals surface area (Å²) in [5, 5.41) is 0.763. The van der Waals surface area contributed by atoms with Gasteiger partial charge >= 0.3 is 6.18 Å². The zero-order chi connectivity index (χ0) is 16.5. The minimum absolute atomic E-state index is 0.315. The van der Waals surface area contributed by atoms with Gasteiger partial charge < -0.3 is 4.74 Å². The number of fused-ring (bicyclic) bond motifs is 1. The van der Waals surface area contributed by atoms with Gasteiger partial charge in [0.25, 0.3) is 10.1 Å². The van der Waals surface area contributed by atoms with Crippen LogP contribution in [0.3, 0.4) is 0 Å². The van der Waals surface area contributed by atoms with Crippen molar-refractivity contribution in [3.05, 3.63) is 41.5 Å². The molecule has 0 aromatic heterocycles. The van der Waals surface area contributed by atoms with Gasteiger partial charge in [-0.2, -0.15) is 21.6 Å².